The van der Waals surface area contributed by atoms with Gasteiger partial charge in [0.1, 0.15) is 0 Å². The molecule has 1 aliphatic heterocycles. The molecule has 1 atom stereocenters. The summed E-state index contributed by atoms with van der Waals surface area (Å²) in [6.45, 7) is 3.55. The lowest BCUT2D eigenvalue weighted by Crippen LogP contribution is -2.42. The maximum Gasteiger partial charge on any atom is 0.255 e. The van der Waals surface area contributed by atoms with E-state index in [-0.39, 0.29) is 11.9 Å². The number of nitrogens with zero attached hydrogens (tertiary/aromatic N) is 1. The lowest BCUT2D eigenvalue weighted by molar-refractivity contribution is 0.0681. The normalized spacial score (nSPS) is 18.4. The number of rotatable bonds is 2. The van der Waals surface area contributed by atoms with Gasteiger partial charge >= 0.3 is 0 Å². The van der Waals surface area contributed by atoms with Gasteiger partial charge in [-0.15, -0.1) is 0 Å². The van der Waals surface area contributed by atoms with Gasteiger partial charge in [0, 0.05) is 23.6 Å². The number of carbonyl (C=O) groups is 1. The van der Waals surface area contributed by atoms with Crippen LogP contribution in [0.2, 0.25) is 5.02 Å². The fraction of sp³-hybridized carbons (Fsp3) is 0.500. The summed E-state index contributed by atoms with van der Waals surface area (Å²) in [6.07, 6.45) is 1.93. The molecule has 1 aliphatic rings. The number of piperidine rings is 1. The maximum absolute atomic E-state index is 12.4. The second kappa shape index (κ2) is 6.25. The Morgan fingerprint density at radius 1 is 1.47 bits per heavy atom. The van der Waals surface area contributed by atoms with Gasteiger partial charge in [-0.3, -0.25) is 4.79 Å². The number of benzene rings is 1. The summed E-state index contributed by atoms with van der Waals surface area (Å²) in [5.74, 6) is 0.524. The van der Waals surface area contributed by atoms with E-state index < -0.39 is 0 Å². The van der Waals surface area contributed by atoms with Crippen molar-refractivity contribution in [1.82, 2.24) is 4.90 Å². The molecule has 1 aromatic carbocycles. The minimum atomic E-state index is 0.00873. The average molecular weight is 346 g/mol. The number of halogens is 2. The summed E-state index contributed by atoms with van der Waals surface area (Å²) >= 11 is 9.47. The van der Waals surface area contributed by atoms with Crippen molar-refractivity contribution in [3.05, 3.63) is 33.3 Å². The minimum absolute atomic E-state index is 0.00873. The van der Waals surface area contributed by atoms with Gasteiger partial charge < -0.3 is 10.6 Å². The first-order valence-corrected chi connectivity index (χ1v) is 7.66. The van der Waals surface area contributed by atoms with E-state index in [1.165, 1.54) is 0 Å². The van der Waals surface area contributed by atoms with Gasteiger partial charge in [-0.05, 0) is 43.9 Å². The van der Waals surface area contributed by atoms with E-state index in [2.05, 4.69) is 15.9 Å². The first kappa shape index (κ1) is 14.8. The van der Waals surface area contributed by atoms with Crippen molar-refractivity contribution in [2.45, 2.75) is 25.8 Å². The quantitative estimate of drug-likeness (QED) is 0.894. The van der Waals surface area contributed by atoms with E-state index >= 15 is 0 Å². The molecular weight excluding hydrogens is 328 g/mol. The van der Waals surface area contributed by atoms with Crippen LogP contribution in [0.5, 0.6) is 0 Å². The SMILES string of the molecule is CC(N)C1CCN(C(=O)c2cc(Br)ccc2Cl)CC1. The molecule has 0 spiro atoms. The molecule has 0 bridgehead atoms. The van der Waals surface area contributed by atoms with Gasteiger partial charge in [-0.2, -0.15) is 0 Å². The fourth-order valence-corrected chi connectivity index (χ4v) is 3.02. The van der Waals surface area contributed by atoms with Crippen LogP contribution < -0.4 is 5.73 Å². The zero-order chi connectivity index (χ0) is 14.0. The van der Waals surface area contributed by atoms with Crippen LogP contribution >= 0.6 is 27.5 Å². The Morgan fingerprint density at radius 2 is 2.11 bits per heavy atom. The highest BCUT2D eigenvalue weighted by atomic mass is 79.9. The summed E-state index contributed by atoms with van der Waals surface area (Å²) in [4.78, 5) is 14.3. The maximum atomic E-state index is 12.4. The van der Waals surface area contributed by atoms with Crippen LogP contribution in [0, 0.1) is 5.92 Å². The smallest absolute Gasteiger partial charge is 0.255 e. The van der Waals surface area contributed by atoms with Crippen LogP contribution in [0.4, 0.5) is 0 Å². The first-order chi connectivity index (χ1) is 8.99. The molecule has 19 heavy (non-hydrogen) atoms. The van der Waals surface area contributed by atoms with Gasteiger partial charge in [-0.25, -0.2) is 0 Å². The Morgan fingerprint density at radius 3 is 2.68 bits per heavy atom. The zero-order valence-corrected chi connectivity index (χ0v) is 13.2. The lowest BCUT2D eigenvalue weighted by Gasteiger charge is -2.34. The van der Waals surface area contributed by atoms with Crippen LogP contribution in [0.25, 0.3) is 0 Å². The fourth-order valence-electron chi connectivity index (χ4n) is 2.46. The molecule has 0 aliphatic carbocycles. The van der Waals surface area contributed by atoms with Crippen molar-refractivity contribution in [3.8, 4) is 0 Å². The minimum Gasteiger partial charge on any atom is -0.339 e. The Labute approximate surface area is 127 Å². The Balaban J connectivity index is 2.07. The molecule has 1 unspecified atom stereocenters. The van der Waals surface area contributed by atoms with Crippen molar-refractivity contribution < 1.29 is 4.79 Å². The van der Waals surface area contributed by atoms with E-state index in [9.17, 15) is 4.79 Å². The summed E-state index contributed by atoms with van der Waals surface area (Å²) < 4.78 is 0.866. The monoisotopic (exact) mass is 344 g/mol. The van der Waals surface area contributed by atoms with Gasteiger partial charge in [0.2, 0.25) is 0 Å². The standard InChI is InChI=1S/C14H18BrClN2O/c1-9(17)10-4-6-18(7-5-10)14(19)12-8-11(15)2-3-13(12)16/h2-3,8-10H,4-7,17H2,1H3. The van der Waals surface area contributed by atoms with Crippen LogP contribution in [0.1, 0.15) is 30.1 Å². The van der Waals surface area contributed by atoms with Crippen LogP contribution in [0.3, 0.4) is 0 Å². The number of carbonyl (C=O) groups excluding carboxylic acids is 1. The van der Waals surface area contributed by atoms with Gasteiger partial charge in [0.15, 0.2) is 0 Å². The topological polar surface area (TPSA) is 46.3 Å². The van der Waals surface area contributed by atoms with Gasteiger partial charge in [0.05, 0.1) is 10.6 Å². The molecule has 1 aromatic rings. The summed E-state index contributed by atoms with van der Waals surface area (Å²) in [7, 11) is 0. The molecule has 2 rings (SSSR count). The summed E-state index contributed by atoms with van der Waals surface area (Å²) in [5.41, 5.74) is 6.48. The number of nitrogens with two attached hydrogens (primary N) is 1. The van der Waals surface area contributed by atoms with E-state index in [0.29, 0.717) is 16.5 Å². The molecule has 104 valence electrons. The van der Waals surface area contributed by atoms with Crippen LogP contribution in [-0.2, 0) is 0 Å². The second-order valence-electron chi connectivity index (χ2n) is 5.11. The molecule has 0 saturated carbocycles. The van der Waals surface area contributed by atoms with Crippen molar-refractivity contribution in [3.63, 3.8) is 0 Å². The Kier molecular flexibility index (Phi) is 4.87. The summed E-state index contributed by atoms with van der Waals surface area (Å²) in [5, 5.41) is 0.502. The number of hydrogen-bond donors (Lipinski definition) is 1. The highest BCUT2D eigenvalue weighted by Gasteiger charge is 2.26. The third-order valence-corrected chi connectivity index (χ3v) is 4.55. The van der Waals surface area contributed by atoms with E-state index in [4.69, 9.17) is 17.3 Å². The first-order valence-electron chi connectivity index (χ1n) is 6.49. The molecule has 0 radical (unpaired) electrons. The van der Waals surface area contributed by atoms with Crippen molar-refractivity contribution in [2.75, 3.05) is 13.1 Å². The molecule has 3 nitrogen and oxygen atoms in total. The van der Waals surface area contributed by atoms with E-state index in [1.807, 2.05) is 17.9 Å². The molecule has 1 fully saturated rings. The Bertz CT molecular complexity index is 471. The number of amides is 1. The largest absolute Gasteiger partial charge is 0.339 e. The molecule has 5 heteroatoms. The predicted molar refractivity (Wildman–Crippen MR) is 81.4 cm³/mol. The Hall–Kier alpha value is -0.580. The zero-order valence-electron chi connectivity index (χ0n) is 10.9. The van der Waals surface area contributed by atoms with E-state index in [1.54, 1.807) is 12.1 Å². The summed E-state index contributed by atoms with van der Waals surface area (Å²) in [6, 6.07) is 5.56. The molecule has 1 heterocycles. The van der Waals surface area contributed by atoms with Crippen molar-refractivity contribution >= 4 is 33.4 Å². The number of likely N-dealkylation sites (tertiary alicyclic amines) is 1. The lowest BCUT2D eigenvalue weighted by atomic mass is 9.90. The average Bonchev–Trinajstić information content (AvgIpc) is 2.41. The van der Waals surface area contributed by atoms with Gasteiger partial charge in [-0.1, -0.05) is 27.5 Å². The predicted octanol–water partition coefficient (Wildman–Crippen LogP) is 3.30. The van der Waals surface area contributed by atoms with Crippen LogP contribution in [-0.4, -0.2) is 29.9 Å². The molecule has 1 saturated heterocycles. The molecule has 1 amide bonds. The molecule has 0 aromatic heterocycles. The van der Waals surface area contributed by atoms with Crippen molar-refractivity contribution in [2.24, 2.45) is 11.7 Å². The highest BCUT2D eigenvalue weighted by molar-refractivity contribution is 9.10. The second-order valence-corrected chi connectivity index (χ2v) is 6.44. The third-order valence-electron chi connectivity index (χ3n) is 3.73. The molecule has 2 N–H and O–H groups in total. The highest BCUT2D eigenvalue weighted by Crippen LogP contribution is 2.25. The third kappa shape index (κ3) is 3.50. The number of hydrogen-bond acceptors (Lipinski definition) is 2. The van der Waals surface area contributed by atoms with Crippen molar-refractivity contribution in [1.29, 1.82) is 0 Å². The van der Waals surface area contributed by atoms with E-state index in [0.717, 1.165) is 30.4 Å². The molecular formula is C14H18BrClN2O. The van der Waals surface area contributed by atoms with Gasteiger partial charge in [0.25, 0.3) is 5.91 Å². The van der Waals surface area contributed by atoms with Crippen LogP contribution in [0.15, 0.2) is 22.7 Å².